The highest BCUT2D eigenvalue weighted by molar-refractivity contribution is 7.09. The Kier molecular flexibility index (Phi) is 3.18. The average molecular weight is 258 g/mol. The van der Waals surface area contributed by atoms with Crippen molar-refractivity contribution in [2.24, 2.45) is 0 Å². The highest BCUT2D eigenvalue weighted by Gasteiger charge is 2.27. The van der Waals surface area contributed by atoms with Crippen molar-refractivity contribution in [1.29, 1.82) is 0 Å². The van der Waals surface area contributed by atoms with Crippen LogP contribution in [0.3, 0.4) is 0 Å². The summed E-state index contributed by atoms with van der Waals surface area (Å²) in [6.45, 7) is 4.32. The van der Waals surface area contributed by atoms with Gasteiger partial charge in [-0.1, -0.05) is 29.3 Å². The van der Waals surface area contributed by atoms with E-state index in [1.165, 1.54) is 34.5 Å². The molecular formula is C15H18N2S. The van der Waals surface area contributed by atoms with Gasteiger partial charge in [0.2, 0.25) is 0 Å². The second-order valence-corrected chi connectivity index (χ2v) is 6.09. The van der Waals surface area contributed by atoms with Crippen LogP contribution in [0.15, 0.2) is 29.8 Å². The molecular weight excluding hydrogens is 240 g/mol. The van der Waals surface area contributed by atoms with Crippen LogP contribution in [0.2, 0.25) is 0 Å². The second kappa shape index (κ2) is 4.82. The lowest BCUT2D eigenvalue weighted by atomic mass is 10.0. The Morgan fingerprint density at radius 3 is 2.50 bits per heavy atom. The van der Waals surface area contributed by atoms with Crippen LogP contribution in [0.4, 0.5) is 0 Å². The van der Waals surface area contributed by atoms with Crippen LogP contribution in [-0.2, 0) is 0 Å². The number of hydrogen-bond acceptors (Lipinski definition) is 3. The van der Waals surface area contributed by atoms with E-state index >= 15 is 0 Å². The van der Waals surface area contributed by atoms with Crippen LogP contribution in [0.1, 0.15) is 40.6 Å². The molecule has 1 saturated carbocycles. The molecule has 1 aromatic carbocycles. The quantitative estimate of drug-likeness (QED) is 0.906. The zero-order chi connectivity index (χ0) is 12.5. The topological polar surface area (TPSA) is 24.9 Å². The van der Waals surface area contributed by atoms with Gasteiger partial charge in [-0.15, -0.1) is 11.3 Å². The zero-order valence-electron chi connectivity index (χ0n) is 10.8. The molecule has 0 saturated heterocycles. The van der Waals surface area contributed by atoms with Gasteiger partial charge in [-0.3, -0.25) is 0 Å². The monoisotopic (exact) mass is 258 g/mol. The fourth-order valence-corrected chi connectivity index (χ4v) is 3.07. The normalized spacial score (nSPS) is 16.8. The van der Waals surface area contributed by atoms with Gasteiger partial charge >= 0.3 is 0 Å². The van der Waals surface area contributed by atoms with Gasteiger partial charge in [0.05, 0.1) is 6.04 Å². The van der Waals surface area contributed by atoms with Gasteiger partial charge in [0.25, 0.3) is 0 Å². The Bertz CT molecular complexity index is 509. The lowest BCUT2D eigenvalue weighted by molar-refractivity contribution is 0.597. The van der Waals surface area contributed by atoms with E-state index in [2.05, 4.69) is 47.7 Å². The maximum absolute atomic E-state index is 4.49. The number of benzene rings is 1. The highest BCUT2D eigenvalue weighted by atomic mass is 32.1. The predicted octanol–water partition coefficient (Wildman–Crippen LogP) is 3.60. The van der Waals surface area contributed by atoms with E-state index in [4.69, 9.17) is 0 Å². The molecule has 18 heavy (non-hydrogen) atoms. The summed E-state index contributed by atoms with van der Waals surface area (Å²) in [5.41, 5.74) is 3.99. The smallest absolute Gasteiger partial charge is 0.114 e. The number of rotatable bonds is 4. The number of nitrogens with one attached hydrogen (secondary N) is 1. The van der Waals surface area contributed by atoms with Crippen molar-refractivity contribution in [3.63, 3.8) is 0 Å². The van der Waals surface area contributed by atoms with Gasteiger partial charge < -0.3 is 5.32 Å². The second-order valence-electron chi connectivity index (χ2n) is 5.17. The fraction of sp³-hybridized carbons (Fsp3) is 0.400. The van der Waals surface area contributed by atoms with Crippen molar-refractivity contribution in [3.8, 4) is 0 Å². The van der Waals surface area contributed by atoms with Crippen molar-refractivity contribution in [3.05, 3.63) is 51.5 Å². The summed E-state index contributed by atoms with van der Waals surface area (Å²) < 4.78 is 0. The van der Waals surface area contributed by atoms with Crippen LogP contribution < -0.4 is 5.32 Å². The van der Waals surface area contributed by atoms with Crippen molar-refractivity contribution in [2.45, 2.75) is 38.8 Å². The number of nitrogens with zero attached hydrogens (tertiary/aromatic N) is 1. The van der Waals surface area contributed by atoms with Crippen molar-refractivity contribution >= 4 is 11.3 Å². The molecule has 1 N–H and O–H groups in total. The van der Waals surface area contributed by atoms with E-state index in [0.717, 1.165) is 0 Å². The number of thiazole rings is 1. The van der Waals surface area contributed by atoms with Gasteiger partial charge in [-0.25, -0.2) is 4.98 Å². The maximum Gasteiger partial charge on any atom is 0.114 e. The van der Waals surface area contributed by atoms with Crippen LogP contribution >= 0.6 is 11.3 Å². The molecule has 1 fully saturated rings. The molecule has 1 unspecified atom stereocenters. The van der Waals surface area contributed by atoms with Crippen molar-refractivity contribution in [1.82, 2.24) is 10.3 Å². The Morgan fingerprint density at radius 2 is 1.94 bits per heavy atom. The number of aromatic nitrogens is 1. The Hall–Kier alpha value is -1.19. The van der Waals surface area contributed by atoms with E-state index in [-0.39, 0.29) is 6.04 Å². The molecule has 0 spiro atoms. The summed E-state index contributed by atoms with van der Waals surface area (Å²) in [4.78, 5) is 4.49. The Morgan fingerprint density at radius 1 is 1.22 bits per heavy atom. The van der Waals surface area contributed by atoms with E-state index in [1.54, 1.807) is 11.3 Å². The van der Waals surface area contributed by atoms with Gasteiger partial charge in [0.1, 0.15) is 5.01 Å². The molecule has 1 aliphatic rings. The molecule has 3 heteroatoms. The summed E-state index contributed by atoms with van der Waals surface area (Å²) in [6, 6.07) is 7.71. The molecule has 0 bridgehead atoms. The van der Waals surface area contributed by atoms with E-state index in [9.17, 15) is 0 Å². The largest absolute Gasteiger partial charge is 0.301 e. The third-order valence-electron chi connectivity index (χ3n) is 3.26. The molecule has 2 aromatic rings. The highest BCUT2D eigenvalue weighted by Crippen LogP contribution is 2.30. The third kappa shape index (κ3) is 2.62. The SMILES string of the molecule is Cc1cc(C)cc(C(NC2CC2)c2nccs2)c1. The summed E-state index contributed by atoms with van der Waals surface area (Å²) in [7, 11) is 0. The van der Waals surface area contributed by atoms with E-state index in [1.807, 2.05) is 6.20 Å². The number of hydrogen-bond donors (Lipinski definition) is 1. The Labute approximate surface area is 112 Å². The standard InChI is InChI=1S/C15H18N2S/c1-10-7-11(2)9-12(8-10)14(17-13-3-4-13)15-16-5-6-18-15/h5-9,13-14,17H,3-4H2,1-2H3. The number of aryl methyl sites for hydroxylation is 2. The molecule has 0 radical (unpaired) electrons. The van der Waals surface area contributed by atoms with Crippen LogP contribution in [0.25, 0.3) is 0 Å². The van der Waals surface area contributed by atoms with Crippen LogP contribution in [0, 0.1) is 13.8 Å². The maximum atomic E-state index is 4.49. The summed E-state index contributed by atoms with van der Waals surface area (Å²) in [5, 5.41) is 6.94. The Balaban J connectivity index is 1.96. The van der Waals surface area contributed by atoms with Gasteiger partial charge in [0, 0.05) is 17.6 Å². The minimum absolute atomic E-state index is 0.260. The molecule has 1 heterocycles. The predicted molar refractivity (Wildman–Crippen MR) is 76.0 cm³/mol. The zero-order valence-corrected chi connectivity index (χ0v) is 11.6. The molecule has 94 valence electrons. The van der Waals surface area contributed by atoms with Gasteiger partial charge in [0.15, 0.2) is 0 Å². The molecule has 1 aliphatic carbocycles. The molecule has 0 aliphatic heterocycles. The van der Waals surface area contributed by atoms with Crippen molar-refractivity contribution in [2.75, 3.05) is 0 Å². The lowest BCUT2D eigenvalue weighted by Crippen LogP contribution is -2.24. The molecule has 1 atom stereocenters. The fourth-order valence-electron chi connectivity index (χ4n) is 2.35. The van der Waals surface area contributed by atoms with E-state index < -0.39 is 0 Å². The third-order valence-corrected chi connectivity index (χ3v) is 4.10. The lowest BCUT2D eigenvalue weighted by Gasteiger charge is -2.18. The first-order chi connectivity index (χ1) is 8.72. The first-order valence-electron chi connectivity index (χ1n) is 6.46. The minimum atomic E-state index is 0.260. The first kappa shape index (κ1) is 11.9. The summed E-state index contributed by atoms with van der Waals surface area (Å²) in [5.74, 6) is 0. The molecule has 2 nitrogen and oxygen atoms in total. The minimum Gasteiger partial charge on any atom is -0.301 e. The molecule has 0 amide bonds. The molecule has 3 rings (SSSR count). The summed E-state index contributed by atoms with van der Waals surface area (Å²) in [6.07, 6.45) is 4.49. The van der Waals surface area contributed by atoms with E-state index in [0.29, 0.717) is 6.04 Å². The van der Waals surface area contributed by atoms with Crippen LogP contribution in [0.5, 0.6) is 0 Å². The first-order valence-corrected chi connectivity index (χ1v) is 7.34. The van der Waals surface area contributed by atoms with Crippen LogP contribution in [-0.4, -0.2) is 11.0 Å². The summed E-state index contributed by atoms with van der Waals surface area (Å²) >= 11 is 1.73. The van der Waals surface area contributed by atoms with Crippen molar-refractivity contribution < 1.29 is 0 Å². The van der Waals surface area contributed by atoms with Gasteiger partial charge in [-0.2, -0.15) is 0 Å². The van der Waals surface area contributed by atoms with Gasteiger partial charge in [-0.05, 0) is 32.3 Å². The molecule has 1 aromatic heterocycles. The average Bonchev–Trinajstić information content (AvgIpc) is 2.97.